The molecule has 0 aromatic heterocycles. The number of rotatable bonds is 7. The third-order valence-corrected chi connectivity index (χ3v) is 3.62. The van der Waals surface area contributed by atoms with Gasteiger partial charge in [0, 0.05) is 18.5 Å². The van der Waals surface area contributed by atoms with Crippen molar-refractivity contribution in [3.8, 4) is 0 Å². The smallest absolute Gasteiger partial charge is 0.251 e. The zero-order valence-corrected chi connectivity index (χ0v) is 12.1. The van der Waals surface area contributed by atoms with Crippen molar-refractivity contribution in [2.24, 2.45) is 5.14 Å². The first-order chi connectivity index (χ1) is 9.30. The van der Waals surface area contributed by atoms with Crippen LogP contribution < -0.4 is 10.5 Å². The molecule has 0 radical (unpaired) electrons. The van der Waals surface area contributed by atoms with Gasteiger partial charge < -0.3 is 10.1 Å². The van der Waals surface area contributed by atoms with Crippen molar-refractivity contribution in [1.82, 2.24) is 5.32 Å². The molecule has 0 aliphatic rings. The third kappa shape index (κ3) is 5.50. The number of nitrogens with two attached hydrogens (primary N) is 1. The average molecular weight is 298 g/mol. The molecule has 0 bridgehead atoms. The summed E-state index contributed by atoms with van der Waals surface area (Å²) in [6, 6.07) is 5.40. The Balaban J connectivity index is 2.46. The number of ketones is 1. The highest BCUT2D eigenvalue weighted by atomic mass is 32.2. The van der Waals surface area contributed by atoms with E-state index < -0.39 is 10.0 Å². The number of sulfonamides is 1. The van der Waals surface area contributed by atoms with E-state index in [0.29, 0.717) is 18.5 Å². The van der Waals surface area contributed by atoms with Crippen molar-refractivity contribution in [2.45, 2.75) is 31.1 Å². The number of unbranched alkanes of at least 4 members (excludes halogenated alkanes) is 1. The maximum absolute atomic E-state index is 11.7. The Labute approximate surface area is 118 Å². The van der Waals surface area contributed by atoms with E-state index in [1.54, 1.807) is 0 Å². The van der Waals surface area contributed by atoms with E-state index in [1.165, 1.54) is 31.2 Å². The number of benzene rings is 1. The van der Waals surface area contributed by atoms with E-state index in [4.69, 9.17) is 5.14 Å². The second kappa shape index (κ2) is 7.16. The molecule has 3 N–H and O–H groups in total. The molecule has 0 unspecified atom stereocenters. The Hall–Kier alpha value is -1.73. The Morgan fingerprint density at radius 3 is 2.25 bits per heavy atom. The van der Waals surface area contributed by atoms with Crippen LogP contribution in [0.2, 0.25) is 0 Å². The fraction of sp³-hybridized carbons (Fsp3) is 0.385. The fourth-order valence-corrected chi connectivity index (χ4v) is 2.11. The number of hydrogen-bond acceptors (Lipinski definition) is 4. The molecule has 0 saturated carbocycles. The molecular formula is C13H18N2O4S. The number of carbonyl (C=O) groups is 2. The highest BCUT2D eigenvalue weighted by Gasteiger charge is 2.09. The summed E-state index contributed by atoms with van der Waals surface area (Å²) in [5.41, 5.74) is 0.365. The Morgan fingerprint density at radius 1 is 1.15 bits per heavy atom. The maximum atomic E-state index is 11.7. The summed E-state index contributed by atoms with van der Waals surface area (Å²) in [5, 5.41) is 7.66. The SMILES string of the molecule is CC(=O)CCCCNC(=O)c1ccc(S(N)(=O)=O)cc1. The molecule has 0 saturated heterocycles. The third-order valence-electron chi connectivity index (χ3n) is 2.69. The molecule has 1 rings (SSSR count). The Morgan fingerprint density at radius 2 is 1.75 bits per heavy atom. The van der Waals surface area contributed by atoms with Gasteiger partial charge in [0.05, 0.1) is 4.90 Å². The van der Waals surface area contributed by atoms with Crippen LogP contribution in [0.4, 0.5) is 0 Å². The van der Waals surface area contributed by atoms with Crippen LogP contribution in [-0.4, -0.2) is 26.7 Å². The summed E-state index contributed by atoms with van der Waals surface area (Å²) < 4.78 is 22.1. The molecule has 0 aliphatic carbocycles. The van der Waals surface area contributed by atoms with Crippen LogP contribution >= 0.6 is 0 Å². The van der Waals surface area contributed by atoms with Crippen molar-refractivity contribution in [3.63, 3.8) is 0 Å². The minimum absolute atomic E-state index is 0.0319. The number of nitrogens with one attached hydrogen (secondary N) is 1. The summed E-state index contributed by atoms with van der Waals surface area (Å²) in [4.78, 5) is 22.4. The van der Waals surface area contributed by atoms with E-state index in [2.05, 4.69) is 5.32 Å². The van der Waals surface area contributed by atoms with Gasteiger partial charge in [0.2, 0.25) is 10.0 Å². The molecular weight excluding hydrogens is 280 g/mol. The second-order valence-electron chi connectivity index (χ2n) is 4.48. The first-order valence-corrected chi connectivity index (χ1v) is 7.76. The molecule has 0 spiro atoms. The minimum atomic E-state index is -3.74. The first kappa shape index (κ1) is 16.3. The summed E-state index contributed by atoms with van der Waals surface area (Å²) >= 11 is 0. The summed E-state index contributed by atoms with van der Waals surface area (Å²) in [6.45, 7) is 2.01. The molecule has 1 aromatic carbocycles. The normalized spacial score (nSPS) is 11.1. The average Bonchev–Trinajstić information content (AvgIpc) is 2.37. The van der Waals surface area contributed by atoms with Crippen molar-refractivity contribution in [1.29, 1.82) is 0 Å². The minimum Gasteiger partial charge on any atom is -0.352 e. The van der Waals surface area contributed by atoms with Gasteiger partial charge in [-0.2, -0.15) is 0 Å². The van der Waals surface area contributed by atoms with E-state index in [-0.39, 0.29) is 16.6 Å². The lowest BCUT2D eigenvalue weighted by Crippen LogP contribution is -2.24. The highest BCUT2D eigenvalue weighted by Crippen LogP contribution is 2.08. The largest absolute Gasteiger partial charge is 0.352 e. The molecule has 1 amide bonds. The zero-order valence-electron chi connectivity index (χ0n) is 11.3. The Bertz CT molecular complexity index is 579. The zero-order chi connectivity index (χ0) is 15.2. The number of primary sulfonamides is 1. The van der Waals surface area contributed by atoms with Crippen LogP contribution in [-0.2, 0) is 14.8 Å². The summed E-state index contributed by atoms with van der Waals surface area (Å²) in [5.74, 6) is -0.149. The Kier molecular flexibility index (Phi) is 5.84. The monoisotopic (exact) mass is 298 g/mol. The van der Waals surface area contributed by atoms with Crippen molar-refractivity contribution < 1.29 is 18.0 Å². The van der Waals surface area contributed by atoms with E-state index in [0.717, 1.165) is 12.8 Å². The summed E-state index contributed by atoms with van der Waals surface area (Å²) in [7, 11) is -3.74. The molecule has 110 valence electrons. The predicted octanol–water partition coefficient (Wildman–Crippen LogP) is 0.823. The molecule has 0 heterocycles. The van der Waals surface area contributed by atoms with Gasteiger partial charge in [0.1, 0.15) is 5.78 Å². The fourth-order valence-electron chi connectivity index (χ4n) is 1.60. The lowest BCUT2D eigenvalue weighted by molar-refractivity contribution is -0.117. The molecule has 20 heavy (non-hydrogen) atoms. The maximum Gasteiger partial charge on any atom is 0.251 e. The number of amides is 1. The topological polar surface area (TPSA) is 106 Å². The number of carbonyl (C=O) groups excluding carboxylic acids is 2. The van der Waals surface area contributed by atoms with E-state index >= 15 is 0 Å². The van der Waals surface area contributed by atoms with Gasteiger partial charge >= 0.3 is 0 Å². The number of hydrogen-bond donors (Lipinski definition) is 2. The lowest BCUT2D eigenvalue weighted by Gasteiger charge is -2.05. The van der Waals surface area contributed by atoms with Crippen molar-refractivity contribution >= 4 is 21.7 Å². The van der Waals surface area contributed by atoms with Gasteiger partial charge in [-0.3, -0.25) is 4.79 Å². The van der Waals surface area contributed by atoms with Crippen molar-refractivity contribution in [3.05, 3.63) is 29.8 Å². The van der Waals surface area contributed by atoms with Gasteiger partial charge in [-0.1, -0.05) is 0 Å². The quantitative estimate of drug-likeness (QED) is 0.727. The standard InChI is InChI=1S/C13H18N2O4S/c1-10(16)4-2-3-9-15-13(17)11-5-7-12(8-6-11)20(14,18)19/h5-8H,2-4,9H2,1H3,(H,15,17)(H2,14,18,19). The number of Topliss-reactive ketones (excluding diaryl/α,β-unsaturated/α-hetero) is 1. The molecule has 0 fully saturated rings. The van der Waals surface area contributed by atoms with Crippen LogP contribution in [0.5, 0.6) is 0 Å². The van der Waals surface area contributed by atoms with Crippen LogP contribution in [0, 0.1) is 0 Å². The predicted molar refractivity (Wildman–Crippen MR) is 74.7 cm³/mol. The molecule has 6 nitrogen and oxygen atoms in total. The molecule has 0 aliphatic heterocycles. The highest BCUT2D eigenvalue weighted by molar-refractivity contribution is 7.89. The second-order valence-corrected chi connectivity index (χ2v) is 6.05. The lowest BCUT2D eigenvalue weighted by atomic mass is 10.2. The first-order valence-electron chi connectivity index (χ1n) is 6.21. The van der Waals surface area contributed by atoms with E-state index in [1.807, 2.05) is 0 Å². The van der Waals surface area contributed by atoms with Crippen LogP contribution in [0.25, 0.3) is 0 Å². The molecule has 1 aromatic rings. The van der Waals surface area contributed by atoms with Gasteiger partial charge in [0.25, 0.3) is 5.91 Å². The molecule has 7 heteroatoms. The van der Waals surface area contributed by atoms with Gasteiger partial charge in [-0.25, -0.2) is 13.6 Å². The summed E-state index contributed by atoms with van der Waals surface area (Å²) in [6.07, 6.45) is 1.97. The van der Waals surface area contributed by atoms with Gasteiger partial charge in [-0.15, -0.1) is 0 Å². The van der Waals surface area contributed by atoms with Crippen LogP contribution in [0.3, 0.4) is 0 Å². The van der Waals surface area contributed by atoms with Gasteiger partial charge in [0.15, 0.2) is 0 Å². The van der Waals surface area contributed by atoms with Crippen molar-refractivity contribution in [2.75, 3.05) is 6.54 Å². The molecule has 0 atom stereocenters. The van der Waals surface area contributed by atoms with Crippen LogP contribution in [0.1, 0.15) is 36.5 Å². The van der Waals surface area contributed by atoms with Gasteiger partial charge in [-0.05, 0) is 44.0 Å². The van der Waals surface area contributed by atoms with Crippen LogP contribution in [0.15, 0.2) is 29.2 Å². The van der Waals surface area contributed by atoms with E-state index in [9.17, 15) is 18.0 Å².